The second-order valence-corrected chi connectivity index (χ2v) is 8.05. The van der Waals surface area contributed by atoms with Gasteiger partial charge in [0.1, 0.15) is 5.75 Å². The quantitative estimate of drug-likeness (QED) is 0.893. The molecule has 0 bridgehead atoms. The average Bonchev–Trinajstić information content (AvgIpc) is 2.54. The number of carbonyl (C=O) groups is 1. The number of likely N-dealkylation sites (N-methyl/N-ethyl adjacent to an activating group) is 1. The number of nitrogens with zero attached hydrogens (tertiary/aromatic N) is 2. The van der Waals surface area contributed by atoms with E-state index in [0.717, 1.165) is 6.54 Å². The van der Waals surface area contributed by atoms with Gasteiger partial charge in [-0.1, -0.05) is 13.8 Å². The summed E-state index contributed by atoms with van der Waals surface area (Å²) in [5.41, 5.74) is -0.235. The predicted octanol–water partition coefficient (Wildman–Crippen LogP) is 2.95. The van der Waals surface area contributed by atoms with Gasteiger partial charge in [0.15, 0.2) is 5.60 Å². The van der Waals surface area contributed by atoms with Crippen LogP contribution in [0.3, 0.4) is 0 Å². The van der Waals surface area contributed by atoms with Crippen LogP contribution in [0.5, 0.6) is 5.75 Å². The molecule has 5 heteroatoms. The molecular weight excluding hydrogens is 314 g/mol. The van der Waals surface area contributed by atoms with Gasteiger partial charge >= 0.3 is 0 Å². The zero-order valence-electron chi connectivity index (χ0n) is 15.9. The lowest BCUT2D eigenvalue weighted by atomic mass is 9.76. The smallest absolute Gasteiger partial charge is 0.263 e. The number of likely N-dealkylation sites (tertiary alicyclic amines) is 1. The number of hydrogen-bond acceptors (Lipinski definition) is 4. The zero-order valence-corrected chi connectivity index (χ0v) is 15.9. The number of nitriles is 1. The summed E-state index contributed by atoms with van der Waals surface area (Å²) < 4.78 is 5.85. The molecule has 5 nitrogen and oxygen atoms in total. The van der Waals surface area contributed by atoms with Crippen molar-refractivity contribution in [1.82, 2.24) is 10.2 Å². The fourth-order valence-corrected chi connectivity index (χ4v) is 3.48. The monoisotopic (exact) mass is 343 g/mol. The van der Waals surface area contributed by atoms with E-state index >= 15 is 0 Å². The Hall–Kier alpha value is -2.06. The summed E-state index contributed by atoms with van der Waals surface area (Å²) in [5, 5.41) is 11.9. The Labute approximate surface area is 151 Å². The highest BCUT2D eigenvalue weighted by Crippen LogP contribution is 2.34. The van der Waals surface area contributed by atoms with Crippen LogP contribution in [-0.2, 0) is 4.79 Å². The molecule has 1 atom stereocenters. The average molecular weight is 343 g/mol. The normalized spacial score (nSPS) is 20.6. The lowest BCUT2D eigenvalue weighted by Gasteiger charge is -2.45. The first-order valence-corrected chi connectivity index (χ1v) is 8.83. The first kappa shape index (κ1) is 19.3. The Morgan fingerprint density at radius 1 is 1.40 bits per heavy atom. The van der Waals surface area contributed by atoms with E-state index in [9.17, 15) is 4.79 Å². The van der Waals surface area contributed by atoms with Crippen molar-refractivity contribution in [1.29, 1.82) is 5.26 Å². The van der Waals surface area contributed by atoms with E-state index in [1.807, 2.05) is 0 Å². The van der Waals surface area contributed by atoms with Crippen molar-refractivity contribution in [3.05, 3.63) is 29.8 Å². The van der Waals surface area contributed by atoms with Gasteiger partial charge < -0.3 is 15.0 Å². The number of ether oxygens (including phenoxy) is 1. The van der Waals surface area contributed by atoms with Crippen LogP contribution in [0.2, 0.25) is 0 Å². The molecule has 1 fully saturated rings. The van der Waals surface area contributed by atoms with Gasteiger partial charge in [-0.15, -0.1) is 0 Å². The first-order chi connectivity index (χ1) is 11.7. The van der Waals surface area contributed by atoms with Gasteiger partial charge in [-0.3, -0.25) is 4.79 Å². The molecule has 0 spiro atoms. The number of hydrogen-bond donors (Lipinski definition) is 1. The highest BCUT2D eigenvalue weighted by atomic mass is 16.5. The van der Waals surface area contributed by atoms with E-state index in [4.69, 9.17) is 10.00 Å². The Morgan fingerprint density at radius 3 is 2.60 bits per heavy atom. The van der Waals surface area contributed by atoms with Gasteiger partial charge in [-0.2, -0.15) is 5.26 Å². The third-order valence-corrected chi connectivity index (χ3v) is 5.13. The van der Waals surface area contributed by atoms with Gasteiger partial charge in [0.2, 0.25) is 0 Å². The molecule has 1 saturated heterocycles. The zero-order chi connectivity index (χ0) is 18.7. The Bertz CT molecular complexity index is 644. The number of benzene rings is 1. The number of rotatable bonds is 5. The van der Waals surface area contributed by atoms with E-state index < -0.39 is 5.60 Å². The number of carbonyl (C=O) groups excluding carboxylic acids is 1. The number of piperidine rings is 1. The summed E-state index contributed by atoms with van der Waals surface area (Å²) in [6.07, 6.45) is 2.37. The van der Waals surface area contributed by atoms with Crippen molar-refractivity contribution >= 4 is 5.91 Å². The third-order valence-electron chi connectivity index (χ3n) is 5.13. The van der Waals surface area contributed by atoms with E-state index in [2.05, 4.69) is 37.2 Å². The molecule has 0 saturated carbocycles. The van der Waals surface area contributed by atoms with Crippen molar-refractivity contribution in [2.24, 2.45) is 5.41 Å². The predicted molar refractivity (Wildman–Crippen MR) is 98.3 cm³/mol. The summed E-state index contributed by atoms with van der Waals surface area (Å²) in [7, 11) is 2.12. The van der Waals surface area contributed by atoms with Crippen LogP contribution in [0, 0.1) is 16.7 Å². The van der Waals surface area contributed by atoms with Crippen molar-refractivity contribution < 1.29 is 9.53 Å². The van der Waals surface area contributed by atoms with Crippen LogP contribution in [0.4, 0.5) is 0 Å². The summed E-state index contributed by atoms with van der Waals surface area (Å²) >= 11 is 0. The molecule has 0 aromatic heterocycles. The maximum atomic E-state index is 12.6. The molecule has 1 heterocycles. The fraction of sp³-hybridized carbons (Fsp3) is 0.600. The molecule has 136 valence electrons. The largest absolute Gasteiger partial charge is 0.478 e. The first-order valence-electron chi connectivity index (χ1n) is 8.83. The third kappa shape index (κ3) is 4.73. The van der Waals surface area contributed by atoms with Crippen LogP contribution >= 0.6 is 0 Å². The van der Waals surface area contributed by atoms with Crippen LogP contribution in [-0.4, -0.2) is 42.6 Å². The Kier molecular flexibility index (Phi) is 5.74. The standard InChI is InChI=1S/C20H29N3O2/c1-19(2)11-6-12-23(5)17(19)14-22-18(24)20(3,4)25-16-9-7-15(13-21)8-10-16/h7-10,17H,6,11-12,14H2,1-5H3,(H,22,24)/t17-/m0/s1. The Balaban J connectivity index is 1.97. The van der Waals surface area contributed by atoms with Crippen molar-refractivity contribution in [3.63, 3.8) is 0 Å². The highest BCUT2D eigenvalue weighted by molar-refractivity contribution is 5.84. The summed E-state index contributed by atoms with van der Waals surface area (Å²) in [6, 6.07) is 9.18. The molecule has 1 aromatic carbocycles. The van der Waals surface area contributed by atoms with E-state index in [1.54, 1.807) is 38.1 Å². The molecule has 0 aliphatic carbocycles. The molecule has 1 aliphatic rings. The topological polar surface area (TPSA) is 65.4 Å². The minimum absolute atomic E-state index is 0.133. The molecule has 1 aromatic rings. The number of nitrogens with one attached hydrogen (secondary N) is 1. The van der Waals surface area contributed by atoms with Crippen LogP contribution in [0.15, 0.2) is 24.3 Å². The highest BCUT2D eigenvalue weighted by Gasteiger charge is 2.37. The van der Waals surface area contributed by atoms with Gasteiger partial charge in [0.05, 0.1) is 11.6 Å². The molecule has 2 rings (SSSR count). The van der Waals surface area contributed by atoms with Crippen LogP contribution in [0.1, 0.15) is 46.1 Å². The summed E-state index contributed by atoms with van der Waals surface area (Å²) in [6.45, 7) is 9.72. The summed E-state index contributed by atoms with van der Waals surface area (Å²) in [5.74, 6) is 0.445. The second kappa shape index (κ2) is 7.45. The van der Waals surface area contributed by atoms with Gasteiger partial charge in [-0.25, -0.2) is 0 Å². The van der Waals surface area contributed by atoms with E-state index in [1.165, 1.54) is 12.8 Å². The van der Waals surface area contributed by atoms with Gasteiger partial charge in [0, 0.05) is 12.6 Å². The minimum Gasteiger partial charge on any atom is -0.478 e. The maximum Gasteiger partial charge on any atom is 0.263 e. The molecule has 1 amide bonds. The molecular formula is C20H29N3O2. The lowest BCUT2D eigenvalue weighted by Crippen LogP contribution is -2.56. The van der Waals surface area contributed by atoms with Gasteiger partial charge in [-0.05, 0) is 70.0 Å². The summed E-state index contributed by atoms with van der Waals surface area (Å²) in [4.78, 5) is 15.0. The molecule has 0 radical (unpaired) electrons. The van der Waals surface area contributed by atoms with Crippen LogP contribution in [0.25, 0.3) is 0 Å². The Morgan fingerprint density at radius 2 is 2.04 bits per heavy atom. The van der Waals surface area contributed by atoms with E-state index in [0.29, 0.717) is 23.9 Å². The maximum absolute atomic E-state index is 12.6. The SMILES string of the molecule is CN1CCCC(C)(C)[C@@H]1CNC(=O)C(C)(C)Oc1ccc(C#N)cc1. The molecule has 1 aliphatic heterocycles. The second-order valence-electron chi connectivity index (χ2n) is 8.05. The minimum atomic E-state index is -0.981. The van der Waals surface area contributed by atoms with E-state index in [-0.39, 0.29) is 11.3 Å². The molecule has 25 heavy (non-hydrogen) atoms. The van der Waals surface area contributed by atoms with Crippen molar-refractivity contribution in [3.8, 4) is 11.8 Å². The van der Waals surface area contributed by atoms with Crippen molar-refractivity contribution in [2.75, 3.05) is 20.1 Å². The lowest BCUT2D eigenvalue weighted by molar-refractivity contribution is -0.134. The number of amides is 1. The molecule has 1 N–H and O–H groups in total. The van der Waals surface area contributed by atoms with Crippen molar-refractivity contribution in [2.45, 2.75) is 52.2 Å². The fourth-order valence-electron chi connectivity index (χ4n) is 3.48. The van der Waals surface area contributed by atoms with Gasteiger partial charge in [0.25, 0.3) is 5.91 Å². The van der Waals surface area contributed by atoms with Crippen LogP contribution < -0.4 is 10.1 Å². The molecule has 0 unspecified atom stereocenters.